The van der Waals surface area contributed by atoms with Crippen molar-refractivity contribution in [3.63, 3.8) is 0 Å². The molecule has 0 saturated heterocycles. The molecule has 0 radical (unpaired) electrons. The number of aromatic hydroxyl groups is 1. The van der Waals surface area contributed by atoms with E-state index in [1.165, 1.54) is 0 Å². The quantitative estimate of drug-likeness (QED) is 0.208. The van der Waals surface area contributed by atoms with Gasteiger partial charge in [0.15, 0.2) is 5.11 Å². The van der Waals surface area contributed by atoms with Crippen molar-refractivity contribution in [3.8, 4) is 51.1 Å². The van der Waals surface area contributed by atoms with Gasteiger partial charge in [-0.1, -0.05) is 48.5 Å². The predicted octanol–water partition coefficient (Wildman–Crippen LogP) is 6.76. The van der Waals surface area contributed by atoms with Gasteiger partial charge >= 0.3 is 0 Å². The molecule has 4 aromatic carbocycles. The lowest BCUT2D eigenvalue weighted by Crippen LogP contribution is -2.20. The second-order valence-electron chi connectivity index (χ2n) is 7.98. The predicted molar refractivity (Wildman–Crippen MR) is 148 cm³/mol. The number of nitrogens with zero attached hydrogens (tertiary/aromatic N) is 2. The Bertz CT molecular complexity index is 1530. The van der Waals surface area contributed by atoms with E-state index in [4.69, 9.17) is 27.4 Å². The van der Waals surface area contributed by atoms with Crippen molar-refractivity contribution in [1.29, 1.82) is 0 Å². The minimum absolute atomic E-state index is 0.00122. The van der Waals surface area contributed by atoms with E-state index in [1.807, 2.05) is 84.9 Å². The highest BCUT2D eigenvalue weighted by Gasteiger charge is 2.16. The molecule has 8 heteroatoms. The summed E-state index contributed by atoms with van der Waals surface area (Å²) in [5, 5.41) is 13.7. The maximum atomic E-state index is 10.9. The number of hydrogen-bond donors (Lipinski definition) is 3. The van der Waals surface area contributed by atoms with Crippen LogP contribution in [0, 0.1) is 0 Å². The van der Waals surface area contributed by atoms with Crippen LogP contribution in [0.5, 0.6) is 28.7 Å². The van der Waals surface area contributed by atoms with Crippen LogP contribution in [0.2, 0.25) is 0 Å². The summed E-state index contributed by atoms with van der Waals surface area (Å²) in [6, 6.07) is 31.5. The van der Waals surface area contributed by atoms with E-state index in [-0.39, 0.29) is 16.8 Å². The number of rotatable bonds is 7. The Morgan fingerprint density at radius 1 is 0.730 bits per heavy atom. The van der Waals surface area contributed by atoms with Crippen LogP contribution in [-0.2, 0) is 0 Å². The molecule has 4 N–H and O–H groups in total. The van der Waals surface area contributed by atoms with Gasteiger partial charge in [-0.2, -0.15) is 0 Å². The second-order valence-corrected chi connectivity index (χ2v) is 8.42. The molecule has 0 atom stereocenters. The first kappa shape index (κ1) is 23.8. The summed E-state index contributed by atoms with van der Waals surface area (Å²) in [5.74, 6) is 2.81. The zero-order valence-corrected chi connectivity index (χ0v) is 20.4. The summed E-state index contributed by atoms with van der Waals surface area (Å²) in [6.45, 7) is 0. The lowest BCUT2D eigenvalue weighted by Gasteiger charge is -2.14. The third-order valence-corrected chi connectivity index (χ3v) is 5.47. The summed E-state index contributed by atoms with van der Waals surface area (Å²) >= 11 is 4.94. The van der Waals surface area contributed by atoms with Crippen molar-refractivity contribution in [1.82, 2.24) is 9.97 Å². The Morgan fingerprint density at radius 2 is 1.30 bits per heavy atom. The van der Waals surface area contributed by atoms with E-state index in [0.29, 0.717) is 34.1 Å². The molecule has 37 heavy (non-hydrogen) atoms. The van der Waals surface area contributed by atoms with E-state index in [9.17, 15) is 5.11 Å². The Balaban J connectivity index is 1.49. The first-order valence-electron chi connectivity index (χ1n) is 11.4. The second kappa shape index (κ2) is 10.8. The SMILES string of the molecule is NC(=S)Nc1ncc(-c2ccc(Oc3ccccc3)cc2)c(-c2ccc(Oc3ccccc3)cc2O)n1. The monoisotopic (exact) mass is 506 g/mol. The van der Waals surface area contributed by atoms with Crippen molar-refractivity contribution in [2.75, 3.05) is 5.32 Å². The molecular weight excluding hydrogens is 484 g/mol. The highest BCUT2D eigenvalue weighted by Crippen LogP contribution is 2.39. The van der Waals surface area contributed by atoms with Crippen molar-refractivity contribution in [2.24, 2.45) is 5.73 Å². The molecule has 1 heterocycles. The van der Waals surface area contributed by atoms with Gasteiger partial charge < -0.3 is 25.6 Å². The molecule has 0 unspecified atom stereocenters. The van der Waals surface area contributed by atoms with Crippen LogP contribution in [-0.4, -0.2) is 20.2 Å². The van der Waals surface area contributed by atoms with Gasteiger partial charge in [0.2, 0.25) is 5.95 Å². The van der Waals surface area contributed by atoms with Crippen LogP contribution < -0.4 is 20.5 Å². The van der Waals surface area contributed by atoms with Crippen molar-refractivity contribution >= 4 is 23.3 Å². The molecule has 0 amide bonds. The minimum Gasteiger partial charge on any atom is -0.507 e. The Labute approximate surface area is 219 Å². The number of thiocarbonyl (C=S) groups is 1. The van der Waals surface area contributed by atoms with Gasteiger partial charge in [0.05, 0.1) is 5.69 Å². The molecule has 0 bridgehead atoms. The highest BCUT2D eigenvalue weighted by atomic mass is 32.1. The molecular formula is C29H22N4O3S. The Hall–Kier alpha value is -4.95. The molecule has 7 nitrogen and oxygen atoms in total. The summed E-state index contributed by atoms with van der Waals surface area (Å²) in [4.78, 5) is 8.95. The number of hydrogen-bond acceptors (Lipinski definition) is 6. The lowest BCUT2D eigenvalue weighted by atomic mass is 10.00. The number of phenolic OH excluding ortho intramolecular Hbond substituents is 1. The first-order valence-corrected chi connectivity index (χ1v) is 11.8. The summed E-state index contributed by atoms with van der Waals surface area (Å²) < 4.78 is 11.8. The van der Waals surface area contributed by atoms with E-state index >= 15 is 0 Å². The number of benzene rings is 4. The number of ether oxygens (including phenoxy) is 2. The summed E-state index contributed by atoms with van der Waals surface area (Å²) in [5.41, 5.74) is 8.15. The summed E-state index contributed by atoms with van der Waals surface area (Å²) in [7, 11) is 0. The van der Waals surface area contributed by atoms with Crippen molar-refractivity contribution in [3.05, 3.63) is 109 Å². The number of para-hydroxylation sites is 2. The normalized spacial score (nSPS) is 10.5. The average Bonchev–Trinajstić information content (AvgIpc) is 2.90. The van der Waals surface area contributed by atoms with Gasteiger partial charge in [0.25, 0.3) is 0 Å². The molecule has 0 fully saturated rings. The molecule has 5 rings (SSSR count). The van der Waals surface area contributed by atoms with Crippen molar-refractivity contribution in [2.45, 2.75) is 0 Å². The number of nitrogens with one attached hydrogen (secondary N) is 1. The van der Waals surface area contributed by atoms with Crippen molar-refractivity contribution < 1.29 is 14.6 Å². The van der Waals surface area contributed by atoms with Gasteiger partial charge in [-0.3, -0.25) is 0 Å². The van der Waals surface area contributed by atoms with E-state index < -0.39 is 0 Å². The Morgan fingerprint density at radius 3 is 1.89 bits per heavy atom. The molecule has 0 aliphatic rings. The molecule has 1 aromatic heterocycles. The third kappa shape index (κ3) is 5.83. The van der Waals surface area contributed by atoms with E-state index in [2.05, 4.69) is 15.3 Å². The number of anilines is 1. The zero-order valence-electron chi connectivity index (χ0n) is 19.5. The zero-order chi connectivity index (χ0) is 25.6. The molecule has 0 spiro atoms. The van der Waals surface area contributed by atoms with Crippen LogP contribution in [0.1, 0.15) is 0 Å². The van der Waals surface area contributed by atoms with Gasteiger partial charge in [-0.05, 0) is 66.3 Å². The smallest absolute Gasteiger partial charge is 0.229 e. The van der Waals surface area contributed by atoms with Gasteiger partial charge in [-0.25, -0.2) is 9.97 Å². The standard InChI is InChI=1S/C29H22N4O3S/c30-28(37)33-29-31-18-25(19-11-13-22(14-12-19)35-20-7-3-1-4-8-20)27(32-29)24-16-15-23(17-26(24)34)36-21-9-5-2-6-10-21/h1-18,34H,(H3,30,31,32,33,37). The molecule has 0 aliphatic heterocycles. The maximum absolute atomic E-state index is 10.9. The highest BCUT2D eigenvalue weighted by molar-refractivity contribution is 7.80. The van der Waals surface area contributed by atoms with Crippen LogP contribution in [0.4, 0.5) is 5.95 Å². The number of aromatic nitrogens is 2. The molecule has 0 aliphatic carbocycles. The number of phenols is 1. The fourth-order valence-corrected chi connectivity index (χ4v) is 3.79. The van der Waals surface area contributed by atoms with E-state index in [1.54, 1.807) is 24.4 Å². The van der Waals surface area contributed by atoms with Crippen LogP contribution in [0.25, 0.3) is 22.4 Å². The number of nitrogens with two attached hydrogens (primary N) is 1. The fourth-order valence-electron chi connectivity index (χ4n) is 3.70. The largest absolute Gasteiger partial charge is 0.507 e. The van der Waals surface area contributed by atoms with Crippen LogP contribution in [0.15, 0.2) is 109 Å². The molecule has 182 valence electrons. The Kier molecular flexibility index (Phi) is 6.91. The fraction of sp³-hybridized carbons (Fsp3) is 0. The lowest BCUT2D eigenvalue weighted by molar-refractivity contribution is 0.456. The summed E-state index contributed by atoms with van der Waals surface area (Å²) in [6.07, 6.45) is 1.66. The topological polar surface area (TPSA) is 103 Å². The van der Waals surface area contributed by atoms with Gasteiger partial charge in [0, 0.05) is 23.4 Å². The van der Waals surface area contributed by atoms with Crippen LogP contribution >= 0.6 is 12.2 Å². The van der Waals surface area contributed by atoms with Gasteiger partial charge in [-0.15, -0.1) is 0 Å². The third-order valence-electron chi connectivity index (χ3n) is 5.37. The van der Waals surface area contributed by atoms with Gasteiger partial charge in [0.1, 0.15) is 28.7 Å². The maximum Gasteiger partial charge on any atom is 0.229 e. The molecule has 5 aromatic rings. The van der Waals surface area contributed by atoms with E-state index in [0.717, 1.165) is 11.3 Å². The first-order chi connectivity index (χ1) is 18.0. The minimum atomic E-state index is -0.00122. The van der Waals surface area contributed by atoms with Crippen LogP contribution in [0.3, 0.4) is 0 Å². The average molecular weight is 507 g/mol. The molecule has 0 saturated carbocycles.